The molecule has 0 spiro atoms. The van der Waals surface area contributed by atoms with E-state index >= 15 is 0 Å². The molecule has 0 aliphatic carbocycles. The van der Waals surface area contributed by atoms with Crippen molar-refractivity contribution < 1.29 is 8.78 Å². The Bertz CT molecular complexity index is 581. The summed E-state index contributed by atoms with van der Waals surface area (Å²) in [4.78, 5) is 3.90. The van der Waals surface area contributed by atoms with Crippen LogP contribution in [0, 0.1) is 11.3 Å². The summed E-state index contributed by atoms with van der Waals surface area (Å²) in [5, 5.41) is 8.75. The molecule has 0 saturated heterocycles. The van der Waals surface area contributed by atoms with E-state index in [1.807, 2.05) is 13.0 Å². The van der Waals surface area contributed by atoms with E-state index in [2.05, 4.69) is 4.98 Å². The number of halogens is 2. The van der Waals surface area contributed by atoms with Crippen molar-refractivity contribution in [3.05, 3.63) is 29.6 Å². The van der Waals surface area contributed by atoms with Crippen LogP contribution in [0.25, 0.3) is 11.0 Å². The number of nitriles is 1. The predicted octanol–water partition coefficient (Wildman–Crippen LogP) is 3.26. The first-order valence-corrected chi connectivity index (χ1v) is 5.35. The minimum absolute atomic E-state index is 0.225. The molecule has 0 N–H and O–H groups in total. The zero-order chi connectivity index (χ0) is 12.4. The van der Waals surface area contributed by atoms with E-state index in [1.165, 1.54) is 10.6 Å². The lowest BCUT2D eigenvalue weighted by Crippen LogP contribution is -2.03. The summed E-state index contributed by atoms with van der Waals surface area (Å²) >= 11 is 0. The minimum atomic E-state index is -2.60. The van der Waals surface area contributed by atoms with Gasteiger partial charge in [-0.25, -0.2) is 13.8 Å². The van der Waals surface area contributed by atoms with E-state index in [-0.39, 0.29) is 5.82 Å². The molecular formula is C12H11F2N3. The fourth-order valence-electron chi connectivity index (χ4n) is 1.84. The molecule has 0 atom stereocenters. The summed E-state index contributed by atoms with van der Waals surface area (Å²) in [6, 6.07) is 6.79. The molecule has 0 aliphatic rings. The third kappa shape index (κ3) is 1.98. The molecule has 88 valence electrons. The number of aryl methyl sites for hydroxylation is 1. The topological polar surface area (TPSA) is 41.6 Å². The lowest BCUT2D eigenvalue weighted by molar-refractivity contribution is 0.136. The predicted molar refractivity (Wildman–Crippen MR) is 59.7 cm³/mol. The van der Waals surface area contributed by atoms with Gasteiger partial charge in [-0.2, -0.15) is 5.26 Å². The van der Waals surface area contributed by atoms with Gasteiger partial charge in [-0.15, -0.1) is 0 Å². The quantitative estimate of drug-likeness (QED) is 0.819. The molecule has 3 nitrogen and oxygen atoms in total. The number of benzene rings is 1. The Labute approximate surface area is 97.3 Å². The second-order valence-electron chi connectivity index (χ2n) is 3.74. The molecule has 0 unspecified atom stereocenters. The van der Waals surface area contributed by atoms with Crippen molar-refractivity contribution in [3.63, 3.8) is 0 Å². The Morgan fingerprint density at radius 3 is 2.82 bits per heavy atom. The highest BCUT2D eigenvalue weighted by Gasteiger charge is 2.18. The van der Waals surface area contributed by atoms with Gasteiger partial charge in [0.05, 0.1) is 22.7 Å². The minimum Gasteiger partial charge on any atom is -0.323 e. The van der Waals surface area contributed by atoms with Crippen molar-refractivity contribution in [2.45, 2.75) is 26.3 Å². The van der Waals surface area contributed by atoms with Gasteiger partial charge in [0.25, 0.3) is 6.43 Å². The summed E-state index contributed by atoms with van der Waals surface area (Å²) < 4.78 is 27.2. The van der Waals surface area contributed by atoms with Crippen molar-refractivity contribution in [1.29, 1.82) is 5.26 Å². The highest BCUT2D eigenvalue weighted by atomic mass is 19.3. The fourth-order valence-corrected chi connectivity index (χ4v) is 1.84. The van der Waals surface area contributed by atoms with Crippen LogP contribution >= 0.6 is 0 Å². The van der Waals surface area contributed by atoms with Crippen LogP contribution in [0.15, 0.2) is 18.2 Å². The molecule has 0 aliphatic heterocycles. The summed E-state index contributed by atoms with van der Waals surface area (Å²) in [6.07, 6.45) is -1.84. The zero-order valence-corrected chi connectivity index (χ0v) is 9.32. The first kappa shape index (κ1) is 11.5. The van der Waals surface area contributed by atoms with Gasteiger partial charge >= 0.3 is 0 Å². The summed E-state index contributed by atoms with van der Waals surface area (Å²) in [6.45, 7) is 2.42. The van der Waals surface area contributed by atoms with Crippen LogP contribution in [-0.4, -0.2) is 9.55 Å². The molecule has 2 aromatic rings. The van der Waals surface area contributed by atoms with E-state index in [0.717, 1.165) is 6.42 Å². The third-order valence-electron chi connectivity index (χ3n) is 2.55. The SMILES string of the molecule is CCCn1c(C(F)F)nc2cc(C#N)ccc21. The van der Waals surface area contributed by atoms with Crippen LogP contribution in [-0.2, 0) is 6.54 Å². The maximum absolute atomic E-state index is 12.8. The molecule has 0 amide bonds. The Hall–Kier alpha value is -1.96. The lowest BCUT2D eigenvalue weighted by Gasteiger charge is -2.06. The number of nitrogens with zero attached hydrogens (tertiary/aromatic N) is 3. The Morgan fingerprint density at radius 1 is 1.47 bits per heavy atom. The monoisotopic (exact) mass is 235 g/mol. The average Bonchev–Trinajstić information content (AvgIpc) is 2.68. The number of imidazole rings is 1. The maximum Gasteiger partial charge on any atom is 0.295 e. The Morgan fingerprint density at radius 2 is 2.24 bits per heavy atom. The highest BCUT2D eigenvalue weighted by molar-refractivity contribution is 5.77. The van der Waals surface area contributed by atoms with Crippen LogP contribution in [0.4, 0.5) is 8.78 Å². The number of rotatable bonds is 3. The van der Waals surface area contributed by atoms with E-state index in [1.54, 1.807) is 12.1 Å². The van der Waals surface area contributed by atoms with E-state index in [4.69, 9.17) is 5.26 Å². The molecule has 0 fully saturated rings. The number of hydrogen-bond acceptors (Lipinski definition) is 2. The van der Waals surface area contributed by atoms with Gasteiger partial charge in [-0.1, -0.05) is 6.92 Å². The largest absolute Gasteiger partial charge is 0.323 e. The molecule has 0 radical (unpaired) electrons. The van der Waals surface area contributed by atoms with Crippen LogP contribution in [0.3, 0.4) is 0 Å². The first-order valence-electron chi connectivity index (χ1n) is 5.35. The normalized spacial score (nSPS) is 11.0. The molecule has 2 rings (SSSR count). The number of hydrogen-bond donors (Lipinski definition) is 0. The number of alkyl halides is 2. The van der Waals surface area contributed by atoms with Gasteiger partial charge in [0, 0.05) is 6.54 Å². The number of aromatic nitrogens is 2. The van der Waals surface area contributed by atoms with Crippen molar-refractivity contribution >= 4 is 11.0 Å². The number of fused-ring (bicyclic) bond motifs is 1. The van der Waals surface area contributed by atoms with Crippen LogP contribution in [0.1, 0.15) is 31.2 Å². The molecule has 17 heavy (non-hydrogen) atoms. The van der Waals surface area contributed by atoms with Crippen LogP contribution in [0.2, 0.25) is 0 Å². The van der Waals surface area contributed by atoms with Gasteiger partial charge in [0.1, 0.15) is 0 Å². The fraction of sp³-hybridized carbons (Fsp3) is 0.333. The maximum atomic E-state index is 12.8. The van der Waals surface area contributed by atoms with Crippen molar-refractivity contribution in [1.82, 2.24) is 9.55 Å². The van der Waals surface area contributed by atoms with Crippen molar-refractivity contribution in [2.75, 3.05) is 0 Å². The Kier molecular flexibility index (Phi) is 3.05. The van der Waals surface area contributed by atoms with Gasteiger partial charge in [-0.05, 0) is 24.6 Å². The van der Waals surface area contributed by atoms with Crippen molar-refractivity contribution in [3.8, 4) is 6.07 Å². The molecule has 5 heteroatoms. The van der Waals surface area contributed by atoms with E-state index in [0.29, 0.717) is 23.1 Å². The van der Waals surface area contributed by atoms with Gasteiger partial charge in [0.2, 0.25) is 0 Å². The summed E-state index contributed by atoms with van der Waals surface area (Å²) in [5.74, 6) is -0.225. The Balaban J connectivity index is 2.66. The van der Waals surface area contributed by atoms with Gasteiger partial charge in [0.15, 0.2) is 5.82 Å². The second-order valence-corrected chi connectivity index (χ2v) is 3.74. The first-order chi connectivity index (χ1) is 8.17. The lowest BCUT2D eigenvalue weighted by atomic mass is 10.2. The van der Waals surface area contributed by atoms with Crippen LogP contribution < -0.4 is 0 Å². The third-order valence-corrected chi connectivity index (χ3v) is 2.55. The molecular weight excluding hydrogens is 224 g/mol. The van der Waals surface area contributed by atoms with Gasteiger partial charge < -0.3 is 4.57 Å². The van der Waals surface area contributed by atoms with Crippen LogP contribution in [0.5, 0.6) is 0 Å². The molecule has 0 saturated carbocycles. The van der Waals surface area contributed by atoms with Crippen molar-refractivity contribution in [2.24, 2.45) is 0 Å². The zero-order valence-electron chi connectivity index (χ0n) is 9.32. The van der Waals surface area contributed by atoms with Gasteiger partial charge in [-0.3, -0.25) is 0 Å². The average molecular weight is 235 g/mol. The molecule has 1 heterocycles. The molecule has 0 bridgehead atoms. The molecule has 1 aromatic carbocycles. The standard InChI is InChI=1S/C12H11F2N3/c1-2-5-17-10-4-3-8(7-15)6-9(10)16-12(17)11(13)14/h3-4,6,11H,2,5H2,1H3. The van der Waals surface area contributed by atoms with E-state index in [9.17, 15) is 8.78 Å². The second kappa shape index (κ2) is 4.50. The highest BCUT2D eigenvalue weighted by Crippen LogP contribution is 2.25. The molecule has 1 aromatic heterocycles. The summed E-state index contributed by atoms with van der Waals surface area (Å²) in [5.41, 5.74) is 1.54. The summed E-state index contributed by atoms with van der Waals surface area (Å²) in [7, 11) is 0. The van der Waals surface area contributed by atoms with E-state index < -0.39 is 6.43 Å². The smallest absolute Gasteiger partial charge is 0.295 e.